The van der Waals surface area contributed by atoms with Crippen molar-refractivity contribution in [3.63, 3.8) is 0 Å². The van der Waals surface area contributed by atoms with Crippen LogP contribution in [0.2, 0.25) is 0 Å². The van der Waals surface area contributed by atoms with E-state index in [0.29, 0.717) is 30.8 Å². The average Bonchev–Trinajstić information content (AvgIpc) is 3.13. The zero-order valence-corrected chi connectivity index (χ0v) is 13.9. The molecule has 1 N–H and O–H groups in total. The van der Waals surface area contributed by atoms with Crippen LogP contribution in [0.5, 0.6) is 0 Å². The molecule has 0 aliphatic carbocycles. The summed E-state index contributed by atoms with van der Waals surface area (Å²) in [7, 11) is 1.74. The molecule has 2 aromatic rings. The highest BCUT2D eigenvalue weighted by molar-refractivity contribution is 6.06. The first-order valence-electron chi connectivity index (χ1n) is 8.01. The molecule has 24 heavy (non-hydrogen) atoms. The van der Waals surface area contributed by atoms with E-state index in [4.69, 9.17) is 4.52 Å². The Morgan fingerprint density at radius 3 is 2.71 bits per heavy atom. The predicted octanol–water partition coefficient (Wildman–Crippen LogP) is 1.69. The summed E-state index contributed by atoms with van der Waals surface area (Å²) in [6.07, 6.45) is 0.918. The number of rotatable bonds is 5. The number of aromatic nitrogens is 1. The van der Waals surface area contributed by atoms with Crippen molar-refractivity contribution in [2.45, 2.75) is 26.3 Å². The normalized spacial score (nSPS) is 20.4. The number of carbonyl (C=O) groups excluding carboxylic acids is 2. The van der Waals surface area contributed by atoms with Gasteiger partial charge in [-0.15, -0.1) is 0 Å². The monoisotopic (exact) mass is 327 g/mol. The number of aryl methyl sites for hydroxylation is 1. The number of nitrogens with zero attached hydrogens (tertiary/aromatic N) is 2. The summed E-state index contributed by atoms with van der Waals surface area (Å²) in [6, 6.07) is 11.4. The fraction of sp³-hybridized carbons (Fsp3) is 0.389. The molecule has 1 aromatic carbocycles. The first-order valence-corrected chi connectivity index (χ1v) is 8.01. The van der Waals surface area contributed by atoms with E-state index >= 15 is 0 Å². The van der Waals surface area contributed by atoms with Crippen molar-refractivity contribution in [3.05, 3.63) is 53.4 Å². The van der Waals surface area contributed by atoms with Crippen molar-refractivity contribution in [2.24, 2.45) is 5.41 Å². The van der Waals surface area contributed by atoms with Gasteiger partial charge in [0.15, 0.2) is 0 Å². The molecule has 3 rings (SSSR count). The fourth-order valence-corrected chi connectivity index (χ4v) is 3.17. The minimum absolute atomic E-state index is 0.125. The van der Waals surface area contributed by atoms with Crippen molar-refractivity contribution < 1.29 is 14.1 Å². The second-order valence-corrected chi connectivity index (χ2v) is 6.33. The molecular weight excluding hydrogens is 306 g/mol. The summed E-state index contributed by atoms with van der Waals surface area (Å²) < 4.78 is 5.00. The van der Waals surface area contributed by atoms with E-state index < -0.39 is 5.41 Å². The number of amides is 2. The van der Waals surface area contributed by atoms with Crippen LogP contribution in [-0.2, 0) is 22.6 Å². The van der Waals surface area contributed by atoms with E-state index in [2.05, 4.69) is 10.5 Å². The molecule has 0 saturated carbocycles. The third kappa shape index (κ3) is 3.04. The van der Waals surface area contributed by atoms with Crippen molar-refractivity contribution in [2.75, 3.05) is 13.6 Å². The maximum atomic E-state index is 12.9. The second kappa shape index (κ2) is 6.47. The molecule has 0 radical (unpaired) electrons. The lowest BCUT2D eigenvalue weighted by atomic mass is 9.79. The van der Waals surface area contributed by atoms with E-state index in [9.17, 15) is 9.59 Å². The summed E-state index contributed by atoms with van der Waals surface area (Å²) in [6.45, 7) is 2.64. The molecule has 2 amide bonds. The Bertz CT molecular complexity index is 741. The van der Waals surface area contributed by atoms with Crippen molar-refractivity contribution in [1.29, 1.82) is 0 Å². The van der Waals surface area contributed by atoms with Gasteiger partial charge < -0.3 is 14.7 Å². The molecule has 6 nitrogen and oxygen atoms in total. The SMILES string of the molecule is Cc1cc(CNC(=O)C2(Cc3ccccc3)CCN(C)C2=O)no1. The highest BCUT2D eigenvalue weighted by Gasteiger charge is 2.51. The van der Waals surface area contributed by atoms with Gasteiger partial charge in [0.2, 0.25) is 11.8 Å². The molecule has 1 saturated heterocycles. The Hall–Kier alpha value is -2.63. The fourth-order valence-electron chi connectivity index (χ4n) is 3.17. The van der Waals surface area contributed by atoms with Crippen LogP contribution < -0.4 is 5.32 Å². The van der Waals surface area contributed by atoms with Crippen LogP contribution in [0, 0.1) is 12.3 Å². The van der Waals surface area contributed by atoms with Gasteiger partial charge in [0.25, 0.3) is 0 Å². The number of carbonyl (C=O) groups is 2. The third-order valence-electron chi connectivity index (χ3n) is 4.52. The molecule has 1 aliphatic rings. The number of nitrogens with one attached hydrogen (secondary N) is 1. The van der Waals surface area contributed by atoms with Crippen LogP contribution in [-0.4, -0.2) is 35.5 Å². The van der Waals surface area contributed by atoms with Crippen LogP contribution in [0.25, 0.3) is 0 Å². The summed E-state index contributed by atoms with van der Waals surface area (Å²) >= 11 is 0. The molecule has 1 aromatic heterocycles. The molecule has 1 aliphatic heterocycles. The van der Waals surface area contributed by atoms with E-state index in [1.54, 1.807) is 24.9 Å². The highest BCUT2D eigenvalue weighted by Crippen LogP contribution is 2.35. The third-order valence-corrected chi connectivity index (χ3v) is 4.52. The number of hydrogen-bond acceptors (Lipinski definition) is 4. The van der Waals surface area contributed by atoms with Gasteiger partial charge in [-0.1, -0.05) is 35.5 Å². The molecule has 1 fully saturated rings. The predicted molar refractivity (Wildman–Crippen MR) is 87.9 cm³/mol. The smallest absolute Gasteiger partial charge is 0.238 e. The molecule has 0 bridgehead atoms. The molecule has 6 heteroatoms. The van der Waals surface area contributed by atoms with Crippen LogP contribution >= 0.6 is 0 Å². The minimum atomic E-state index is -1.05. The molecule has 1 atom stereocenters. The number of benzene rings is 1. The van der Waals surface area contributed by atoms with Crippen LogP contribution in [0.15, 0.2) is 40.9 Å². The highest BCUT2D eigenvalue weighted by atomic mass is 16.5. The van der Waals surface area contributed by atoms with Gasteiger partial charge >= 0.3 is 0 Å². The van der Waals surface area contributed by atoms with Crippen molar-refractivity contribution in [3.8, 4) is 0 Å². The van der Waals surface area contributed by atoms with Crippen LogP contribution in [0.3, 0.4) is 0 Å². The Morgan fingerprint density at radius 1 is 1.38 bits per heavy atom. The summed E-state index contributed by atoms with van der Waals surface area (Å²) in [5.41, 5.74) is 0.581. The van der Waals surface area contributed by atoms with E-state index in [0.717, 1.165) is 5.56 Å². The van der Waals surface area contributed by atoms with Gasteiger partial charge in [-0.2, -0.15) is 0 Å². The van der Waals surface area contributed by atoms with Gasteiger partial charge in [-0.05, 0) is 25.3 Å². The van der Waals surface area contributed by atoms with Gasteiger partial charge in [0.05, 0.1) is 6.54 Å². The molecule has 2 heterocycles. The number of likely N-dealkylation sites (tertiary alicyclic amines) is 1. The maximum Gasteiger partial charge on any atom is 0.238 e. The van der Waals surface area contributed by atoms with Crippen molar-refractivity contribution >= 4 is 11.8 Å². The lowest BCUT2D eigenvalue weighted by Gasteiger charge is -2.26. The maximum absolute atomic E-state index is 12.9. The quantitative estimate of drug-likeness (QED) is 0.848. The Morgan fingerprint density at radius 2 is 2.12 bits per heavy atom. The van der Waals surface area contributed by atoms with Crippen LogP contribution in [0.4, 0.5) is 0 Å². The first kappa shape index (κ1) is 16.2. The van der Waals surface area contributed by atoms with Crippen LogP contribution in [0.1, 0.15) is 23.4 Å². The molecule has 126 valence electrons. The molecular formula is C18H21N3O3. The van der Waals surface area contributed by atoms with E-state index in [1.807, 2.05) is 30.3 Å². The topological polar surface area (TPSA) is 75.4 Å². The lowest BCUT2D eigenvalue weighted by Crippen LogP contribution is -2.47. The van der Waals surface area contributed by atoms with Gasteiger partial charge in [0, 0.05) is 19.7 Å². The van der Waals surface area contributed by atoms with Gasteiger partial charge in [-0.25, -0.2) is 0 Å². The first-order chi connectivity index (χ1) is 11.5. The Balaban J connectivity index is 1.79. The second-order valence-electron chi connectivity index (χ2n) is 6.33. The van der Waals surface area contributed by atoms with Gasteiger partial charge in [-0.3, -0.25) is 9.59 Å². The van der Waals surface area contributed by atoms with E-state index in [-0.39, 0.29) is 18.4 Å². The standard InChI is InChI=1S/C18H21N3O3/c1-13-10-15(20-24-13)12-19-16(22)18(8-9-21(2)17(18)23)11-14-6-4-3-5-7-14/h3-7,10H,8-9,11-12H2,1-2H3,(H,19,22). The molecule has 0 spiro atoms. The minimum Gasteiger partial charge on any atom is -0.361 e. The van der Waals surface area contributed by atoms with Gasteiger partial charge in [0.1, 0.15) is 16.9 Å². The summed E-state index contributed by atoms with van der Waals surface area (Å²) in [5, 5.41) is 6.73. The Labute approximate surface area is 140 Å². The average molecular weight is 327 g/mol. The lowest BCUT2D eigenvalue weighted by molar-refractivity contribution is -0.144. The molecule has 1 unspecified atom stereocenters. The zero-order valence-electron chi connectivity index (χ0n) is 13.9. The number of hydrogen-bond donors (Lipinski definition) is 1. The van der Waals surface area contributed by atoms with E-state index in [1.165, 1.54) is 0 Å². The zero-order chi connectivity index (χ0) is 17.2. The van der Waals surface area contributed by atoms with Crippen molar-refractivity contribution in [1.82, 2.24) is 15.4 Å². The summed E-state index contributed by atoms with van der Waals surface area (Å²) in [4.78, 5) is 27.2. The largest absolute Gasteiger partial charge is 0.361 e. The summed E-state index contributed by atoms with van der Waals surface area (Å²) in [5.74, 6) is 0.316. The Kier molecular flexibility index (Phi) is 4.38.